The second-order valence-electron chi connectivity index (χ2n) is 1.69. The van der Waals surface area contributed by atoms with Crippen molar-refractivity contribution in [1.82, 2.24) is 6.15 Å². The van der Waals surface area contributed by atoms with Crippen LogP contribution in [0.25, 0.3) is 0 Å². The van der Waals surface area contributed by atoms with Crippen LogP contribution in [0.2, 0.25) is 0 Å². The highest BCUT2D eigenvalue weighted by atomic mass is 16.5. The third-order valence-corrected chi connectivity index (χ3v) is 0.878. The van der Waals surface area contributed by atoms with E-state index in [4.69, 9.17) is 9.84 Å². The summed E-state index contributed by atoms with van der Waals surface area (Å²) in [6.45, 7) is 3.53. The smallest absolute Gasteiger partial charge is 0.0697 e. The van der Waals surface area contributed by atoms with Gasteiger partial charge in [-0.05, 0) is 6.42 Å². The number of rotatable bonds is 5. The van der Waals surface area contributed by atoms with Gasteiger partial charge in [0.15, 0.2) is 0 Å². The van der Waals surface area contributed by atoms with Crippen LogP contribution in [0.4, 0.5) is 0 Å². The van der Waals surface area contributed by atoms with Gasteiger partial charge in [0.25, 0.3) is 0 Å². The molecular weight excluding hydrogens is 118 g/mol. The molecule has 0 atom stereocenters. The zero-order chi connectivity index (χ0) is 6.24. The van der Waals surface area contributed by atoms with E-state index in [0.29, 0.717) is 6.61 Å². The summed E-state index contributed by atoms with van der Waals surface area (Å²) in [5, 5.41) is 8.24. The minimum atomic E-state index is 0. The van der Waals surface area contributed by atoms with E-state index < -0.39 is 0 Å². The normalized spacial score (nSPS) is 8.67. The maximum atomic E-state index is 8.24. The molecule has 0 bridgehead atoms. The fraction of sp³-hybridized carbons (Fsp3) is 1.00. The zero-order valence-corrected chi connectivity index (χ0v) is 6.10. The molecule has 0 fully saturated rings. The number of hydrogen-bond donors (Lipinski definition) is 2. The Kier molecular flexibility index (Phi) is 14.0. The van der Waals surface area contributed by atoms with Gasteiger partial charge in [-0.25, -0.2) is 0 Å². The van der Waals surface area contributed by atoms with Gasteiger partial charge in [0, 0.05) is 6.61 Å². The van der Waals surface area contributed by atoms with Crippen molar-refractivity contribution in [3.05, 3.63) is 0 Å². The Morgan fingerprint density at radius 3 is 2.44 bits per heavy atom. The Balaban J connectivity index is 0. The number of hydrogen-bond acceptors (Lipinski definition) is 3. The lowest BCUT2D eigenvalue weighted by molar-refractivity contribution is 0.0904. The molecule has 3 heteroatoms. The Bertz CT molecular complexity index is 36.0. The third-order valence-electron chi connectivity index (χ3n) is 0.878. The van der Waals surface area contributed by atoms with Crippen molar-refractivity contribution in [3.8, 4) is 0 Å². The number of aliphatic hydroxyl groups is 1. The van der Waals surface area contributed by atoms with E-state index >= 15 is 0 Å². The average molecular weight is 135 g/mol. The lowest BCUT2D eigenvalue weighted by atomic mass is 10.4. The van der Waals surface area contributed by atoms with Crippen LogP contribution in [0.1, 0.15) is 19.8 Å². The summed E-state index contributed by atoms with van der Waals surface area (Å²) in [5.41, 5.74) is 0. The molecular formula is C6H17NO2. The topological polar surface area (TPSA) is 64.5 Å². The van der Waals surface area contributed by atoms with E-state index in [2.05, 4.69) is 6.92 Å². The number of unbranched alkanes of at least 4 members (excludes halogenated alkanes) is 1. The van der Waals surface area contributed by atoms with Crippen LogP contribution in [-0.2, 0) is 4.74 Å². The molecule has 0 aromatic rings. The van der Waals surface area contributed by atoms with Crippen LogP contribution in [0.3, 0.4) is 0 Å². The fourth-order valence-corrected chi connectivity index (χ4v) is 0.413. The number of ether oxygens (including phenoxy) is 1. The van der Waals surface area contributed by atoms with Gasteiger partial charge in [-0.2, -0.15) is 0 Å². The monoisotopic (exact) mass is 135 g/mol. The first-order chi connectivity index (χ1) is 3.91. The molecule has 0 saturated carbocycles. The molecule has 0 unspecified atom stereocenters. The standard InChI is InChI=1S/C6H14O2.H3N/c1-2-3-5-8-6-4-7;/h7H,2-6H2,1H3;1H3. The average Bonchev–Trinajstić information content (AvgIpc) is 1.81. The highest BCUT2D eigenvalue weighted by Gasteiger charge is 1.82. The van der Waals surface area contributed by atoms with Crippen LogP contribution < -0.4 is 6.15 Å². The van der Waals surface area contributed by atoms with Gasteiger partial charge in [-0.1, -0.05) is 13.3 Å². The molecule has 0 aliphatic carbocycles. The molecule has 0 rings (SSSR count). The summed E-state index contributed by atoms with van der Waals surface area (Å²) in [4.78, 5) is 0. The van der Waals surface area contributed by atoms with Crippen molar-refractivity contribution in [2.45, 2.75) is 19.8 Å². The van der Waals surface area contributed by atoms with E-state index in [1.807, 2.05) is 0 Å². The molecule has 0 aliphatic heterocycles. The largest absolute Gasteiger partial charge is 0.394 e. The summed E-state index contributed by atoms with van der Waals surface area (Å²) in [7, 11) is 0. The molecule has 3 nitrogen and oxygen atoms in total. The second kappa shape index (κ2) is 10.8. The van der Waals surface area contributed by atoms with Crippen molar-refractivity contribution in [2.24, 2.45) is 0 Å². The molecule has 0 spiro atoms. The van der Waals surface area contributed by atoms with Crippen LogP contribution in [0.15, 0.2) is 0 Å². The maximum absolute atomic E-state index is 8.24. The van der Waals surface area contributed by atoms with Crippen molar-refractivity contribution in [2.75, 3.05) is 19.8 Å². The van der Waals surface area contributed by atoms with Crippen molar-refractivity contribution >= 4 is 0 Å². The Labute approximate surface area is 56.6 Å². The Hall–Kier alpha value is -0.120. The molecule has 0 amide bonds. The lowest BCUT2D eigenvalue weighted by Crippen LogP contribution is -1.99. The van der Waals surface area contributed by atoms with E-state index in [1.165, 1.54) is 0 Å². The Morgan fingerprint density at radius 2 is 2.00 bits per heavy atom. The summed E-state index contributed by atoms with van der Waals surface area (Å²) in [6, 6.07) is 0. The van der Waals surface area contributed by atoms with Gasteiger partial charge < -0.3 is 16.0 Å². The van der Waals surface area contributed by atoms with Crippen LogP contribution >= 0.6 is 0 Å². The number of aliphatic hydroxyl groups excluding tert-OH is 1. The summed E-state index contributed by atoms with van der Waals surface area (Å²) >= 11 is 0. The third kappa shape index (κ3) is 11.4. The van der Waals surface area contributed by atoms with Crippen LogP contribution in [-0.4, -0.2) is 24.9 Å². The van der Waals surface area contributed by atoms with Gasteiger partial charge in [-0.15, -0.1) is 0 Å². The van der Waals surface area contributed by atoms with Crippen molar-refractivity contribution in [3.63, 3.8) is 0 Å². The minimum Gasteiger partial charge on any atom is -0.394 e. The summed E-state index contributed by atoms with van der Waals surface area (Å²) in [6.07, 6.45) is 2.26. The highest BCUT2D eigenvalue weighted by Crippen LogP contribution is 1.85. The maximum Gasteiger partial charge on any atom is 0.0697 e. The molecule has 4 N–H and O–H groups in total. The molecule has 9 heavy (non-hydrogen) atoms. The van der Waals surface area contributed by atoms with Gasteiger partial charge in [0.2, 0.25) is 0 Å². The predicted octanol–water partition coefficient (Wildman–Crippen LogP) is 0.957. The lowest BCUT2D eigenvalue weighted by Gasteiger charge is -1.97. The molecule has 58 valence electrons. The van der Waals surface area contributed by atoms with Crippen LogP contribution in [0.5, 0.6) is 0 Å². The fourth-order valence-electron chi connectivity index (χ4n) is 0.413. The molecule has 0 saturated heterocycles. The van der Waals surface area contributed by atoms with Crippen molar-refractivity contribution in [1.29, 1.82) is 0 Å². The van der Waals surface area contributed by atoms with E-state index in [-0.39, 0.29) is 12.8 Å². The predicted molar refractivity (Wildman–Crippen MR) is 37.8 cm³/mol. The SMILES string of the molecule is CCCCOCCO.N. The first-order valence-corrected chi connectivity index (χ1v) is 3.10. The molecule has 0 heterocycles. The Morgan fingerprint density at radius 1 is 1.33 bits per heavy atom. The first-order valence-electron chi connectivity index (χ1n) is 3.10. The highest BCUT2D eigenvalue weighted by molar-refractivity contribution is 4.30. The zero-order valence-electron chi connectivity index (χ0n) is 6.10. The van der Waals surface area contributed by atoms with Crippen molar-refractivity contribution < 1.29 is 9.84 Å². The van der Waals surface area contributed by atoms with E-state index in [1.54, 1.807) is 0 Å². The first kappa shape index (κ1) is 11.6. The van der Waals surface area contributed by atoms with Gasteiger partial charge in [-0.3, -0.25) is 0 Å². The molecule has 0 aromatic carbocycles. The summed E-state index contributed by atoms with van der Waals surface area (Å²) in [5.74, 6) is 0. The van der Waals surface area contributed by atoms with Gasteiger partial charge >= 0.3 is 0 Å². The second-order valence-corrected chi connectivity index (χ2v) is 1.69. The quantitative estimate of drug-likeness (QED) is 0.552. The molecule has 0 aliphatic rings. The van der Waals surface area contributed by atoms with E-state index in [9.17, 15) is 0 Å². The van der Waals surface area contributed by atoms with Gasteiger partial charge in [0.1, 0.15) is 0 Å². The molecule has 0 radical (unpaired) electrons. The van der Waals surface area contributed by atoms with E-state index in [0.717, 1.165) is 19.4 Å². The van der Waals surface area contributed by atoms with Gasteiger partial charge in [0.05, 0.1) is 13.2 Å². The minimum absolute atomic E-state index is 0. The molecule has 0 aromatic heterocycles. The summed E-state index contributed by atoms with van der Waals surface area (Å²) < 4.78 is 4.97. The van der Waals surface area contributed by atoms with Crippen LogP contribution in [0, 0.1) is 0 Å².